The lowest BCUT2D eigenvalue weighted by molar-refractivity contribution is -0.134. The van der Waals surface area contributed by atoms with Crippen LogP contribution >= 0.6 is 0 Å². The molecule has 3 unspecified atom stereocenters. The number of amides is 1. The molecule has 3 nitrogen and oxygen atoms in total. The van der Waals surface area contributed by atoms with Crippen LogP contribution in [-0.4, -0.2) is 35.1 Å². The molecule has 19 heavy (non-hydrogen) atoms. The Bertz CT molecular complexity index is 349. The highest BCUT2D eigenvalue weighted by Crippen LogP contribution is 2.49. The van der Waals surface area contributed by atoms with Crippen LogP contribution in [0.25, 0.3) is 0 Å². The molecule has 0 spiro atoms. The third kappa shape index (κ3) is 2.81. The van der Waals surface area contributed by atoms with Gasteiger partial charge in [0.15, 0.2) is 0 Å². The van der Waals surface area contributed by atoms with Gasteiger partial charge in [0.1, 0.15) is 0 Å². The average Bonchev–Trinajstić information content (AvgIpc) is 3.05. The number of nitrogens with zero attached hydrogens (tertiary/aromatic N) is 1. The fraction of sp³-hybridized carbons (Fsp3) is 0.938. The molecule has 3 saturated carbocycles. The highest BCUT2D eigenvalue weighted by molar-refractivity contribution is 5.76. The van der Waals surface area contributed by atoms with Gasteiger partial charge in [0.05, 0.1) is 5.60 Å². The van der Waals surface area contributed by atoms with E-state index in [1.54, 1.807) is 4.90 Å². The van der Waals surface area contributed by atoms with Gasteiger partial charge in [0.25, 0.3) is 0 Å². The summed E-state index contributed by atoms with van der Waals surface area (Å²) in [6, 6.07) is 0. The van der Waals surface area contributed by atoms with Gasteiger partial charge in [0, 0.05) is 20.0 Å². The van der Waals surface area contributed by atoms with Crippen LogP contribution < -0.4 is 0 Å². The molecule has 3 rings (SSSR count). The van der Waals surface area contributed by atoms with Gasteiger partial charge < -0.3 is 10.0 Å². The van der Waals surface area contributed by atoms with E-state index in [2.05, 4.69) is 0 Å². The van der Waals surface area contributed by atoms with E-state index >= 15 is 0 Å². The molecular formula is C16H27NO2. The van der Waals surface area contributed by atoms with Gasteiger partial charge in [0.2, 0.25) is 5.91 Å². The predicted molar refractivity (Wildman–Crippen MR) is 74.6 cm³/mol. The van der Waals surface area contributed by atoms with Crippen LogP contribution in [-0.2, 0) is 4.79 Å². The molecule has 0 saturated heterocycles. The fourth-order valence-electron chi connectivity index (χ4n) is 4.73. The molecule has 1 amide bonds. The first kappa shape index (κ1) is 13.4. The van der Waals surface area contributed by atoms with Crippen LogP contribution in [0.4, 0.5) is 0 Å². The minimum atomic E-state index is -0.598. The molecule has 3 aliphatic carbocycles. The number of carbonyl (C=O) groups is 1. The normalized spacial score (nSPS) is 35.8. The third-order valence-electron chi connectivity index (χ3n) is 5.81. The third-order valence-corrected chi connectivity index (χ3v) is 5.81. The van der Waals surface area contributed by atoms with E-state index < -0.39 is 5.60 Å². The van der Waals surface area contributed by atoms with Crippen LogP contribution in [0.2, 0.25) is 0 Å². The summed E-state index contributed by atoms with van der Waals surface area (Å²) in [5.74, 6) is 2.61. The number of aliphatic hydroxyl groups is 1. The molecule has 1 N–H and O–H groups in total. The lowest BCUT2D eigenvalue weighted by Gasteiger charge is -2.30. The van der Waals surface area contributed by atoms with Crippen LogP contribution in [0.3, 0.4) is 0 Å². The Balaban J connectivity index is 1.49. The first-order valence-electron chi connectivity index (χ1n) is 8.02. The summed E-state index contributed by atoms with van der Waals surface area (Å²) in [6.45, 7) is 0.534. The second kappa shape index (κ2) is 5.08. The Kier molecular flexibility index (Phi) is 3.59. The quantitative estimate of drug-likeness (QED) is 0.848. The molecule has 0 aromatic rings. The van der Waals surface area contributed by atoms with Gasteiger partial charge in [-0.1, -0.05) is 19.3 Å². The minimum absolute atomic E-state index is 0.248. The van der Waals surface area contributed by atoms with Crippen molar-refractivity contribution in [1.82, 2.24) is 4.90 Å². The zero-order valence-electron chi connectivity index (χ0n) is 12.1. The lowest BCUT2D eigenvalue weighted by Crippen LogP contribution is -2.42. The van der Waals surface area contributed by atoms with Crippen molar-refractivity contribution in [2.75, 3.05) is 13.6 Å². The number of fused-ring (bicyclic) bond motifs is 2. The molecule has 0 aromatic heterocycles. The van der Waals surface area contributed by atoms with Crippen molar-refractivity contribution in [3.8, 4) is 0 Å². The molecule has 3 aliphatic rings. The van der Waals surface area contributed by atoms with E-state index in [-0.39, 0.29) is 5.91 Å². The summed E-state index contributed by atoms with van der Waals surface area (Å²) >= 11 is 0. The topological polar surface area (TPSA) is 40.5 Å². The number of hydrogen-bond donors (Lipinski definition) is 1. The Morgan fingerprint density at radius 1 is 1.26 bits per heavy atom. The van der Waals surface area contributed by atoms with Crippen LogP contribution in [0.15, 0.2) is 0 Å². The zero-order valence-corrected chi connectivity index (χ0v) is 12.1. The van der Waals surface area contributed by atoms with Crippen molar-refractivity contribution in [2.24, 2.45) is 17.8 Å². The maximum Gasteiger partial charge on any atom is 0.222 e. The highest BCUT2D eigenvalue weighted by atomic mass is 16.3. The second-order valence-electron chi connectivity index (χ2n) is 7.32. The van der Waals surface area contributed by atoms with Crippen LogP contribution in [0.1, 0.15) is 57.8 Å². The molecule has 0 aromatic carbocycles. The van der Waals surface area contributed by atoms with Crippen molar-refractivity contribution >= 4 is 5.91 Å². The predicted octanol–water partition coefficient (Wildman–Crippen LogP) is 2.58. The van der Waals surface area contributed by atoms with E-state index in [1.165, 1.54) is 25.7 Å². The number of rotatable bonds is 4. The minimum Gasteiger partial charge on any atom is -0.388 e. The van der Waals surface area contributed by atoms with Crippen molar-refractivity contribution in [3.63, 3.8) is 0 Å². The van der Waals surface area contributed by atoms with Crippen LogP contribution in [0, 0.1) is 17.8 Å². The van der Waals surface area contributed by atoms with Gasteiger partial charge >= 0.3 is 0 Å². The molecule has 0 radical (unpaired) electrons. The van der Waals surface area contributed by atoms with Gasteiger partial charge in [-0.25, -0.2) is 0 Å². The van der Waals surface area contributed by atoms with Gasteiger partial charge in [-0.05, 0) is 49.9 Å². The van der Waals surface area contributed by atoms with Crippen molar-refractivity contribution in [3.05, 3.63) is 0 Å². The smallest absolute Gasteiger partial charge is 0.222 e. The van der Waals surface area contributed by atoms with E-state index in [1.807, 2.05) is 7.05 Å². The Morgan fingerprint density at radius 3 is 2.58 bits per heavy atom. The summed E-state index contributed by atoms with van der Waals surface area (Å²) in [4.78, 5) is 14.1. The first-order valence-corrected chi connectivity index (χ1v) is 8.02. The molecule has 108 valence electrons. The van der Waals surface area contributed by atoms with Crippen LogP contribution in [0.5, 0.6) is 0 Å². The maximum atomic E-state index is 12.3. The first-order chi connectivity index (χ1) is 9.06. The number of likely N-dealkylation sites (N-methyl/N-ethyl adjacent to an activating group) is 1. The molecular weight excluding hydrogens is 238 g/mol. The molecule has 0 heterocycles. The monoisotopic (exact) mass is 265 g/mol. The zero-order chi connectivity index (χ0) is 13.5. The second-order valence-corrected chi connectivity index (χ2v) is 7.32. The standard InChI is InChI=1S/C16H27NO2/c1-17(11-16(19)6-2-3-7-16)15(18)10-14-9-12-4-5-13(14)8-12/h12-14,19H,2-11H2,1H3. The summed E-state index contributed by atoms with van der Waals surface area (Å²) in [5.41, 5.74) is -0.598. The summed E-state index contributed by atoms with van der Waals surface area (Å²) in [6.07, 6.45) is 10.0. The summed E-state index contributed by atoms with van der Waals surface area (Å²) in [5, 5.41) is 10.4. The van der Waals surface area contributed by atoms with Crippen molar-refractivity contribution < 1.29 is 9.90 Å². The average molecular weight is 265 g/mol. The van der Waals surface area contributed by atoms with Crippen molar-refractivity contribution in [1.29, 1.82) is 0 Å². The molecule has 3 atom stereocenters. The maximum absolute atomic E-state index is 12.3. The van der Waals surface area contributed by atoms with Crippen molar-refractivity contribution in [2.45, 2.75) is 63.4 Å². The SMILES string of the molecule is CN(CC1(O)CCCC1)C(=O)CC1CC2CCC1C2. The van der Waals surface area contributed by atoms with E-state index in [4.69, 9.17) is 0 Å². The van der Waals surface area contributed by atoms with E-state index in [0.29, 0.717) is 18.9 Å². The summed E-state index contributed by atoms with van der Waals surface area (Å²) < 4.78 is 0. The number of hydrogen-bond acceptors (Lipinski definition) is 2. The molecule has 0 aliphatic heterocycles. The summed E-state index contributed by atoms with van der Waals surface area (Å²) in [7, 11) is 1.87. The molecule has 3 fully saturated rings. The van der Waals surface area contributed by atoms with Gasteiger partial charge in [-0.15, -0.1) is 0 Å². The van der Waals surface area contributed by atoms with Gasteiger partial charge in [-0.3, -0.25) is 4.79 Å². The molecule has 2 bridgehead atoms. The Hall–Kier alpha value is -0.570. The fourth-order valence-corrected chi connectivity index (χ4v) is 4.73. The van der Waals surface area contributed by atoms with E-state index in [0.717, 1.165) is 37.5 Å². The highest BCUT2D eigenvalue weighted by Gasteiger charge is 2.41. The number of carbonyl (C=O) groups excluding carboxylic acids is 1. The largest absolute Gasteiger partial charge is 0.388 e. The van der Waals surface area contributed by atoms with E-state index in [9.17, 15) is 9.90 Å². The molecule has 3 heteroatoms. The Morgan fingerprint density at radius 2 is 2.00 bits per heavy atom. The lowest BCUT2D eigenvalue weighted by atomic mass is 9.86. The Labute approximate surface area is 116 Å². The van der Waals surface area contributed by atoms with Gasteiger partial charge in [-0.2, -0.15) is 0 Å².